The van der Waals surface area contributed by atoms with Crippen LogP contribution in [0.25, 0.3) is 11.0 Å². The van der Waals surface area contributed by atoms with Crippen molar-refractivity contribution >= 4 is 11.0 Å². The Morgan fingerprint density at radius 2 is 2.25 bits per heavy atom. The molecule has 3 heteroatoms. The molecule has 86 valence electrons. The van der Waals surface area contributed by atoms with E-state index in [0.717, 1.165) is 18.7 Å². The Kier molecular flexibility index (Phi) is 3.25. The lowest BCUT2D eigenvalue weighted by atomic mass is 10.2. The molecule has 0 atom stereocenters. The van der Waals surface area contributed by atoms with Crippen LogP contribution in [0.3, 0.4) is 0 Å². The van der Waals surface area contributed by atoms with E-state index in [-0.39, 0.29) is 0 Å². The highest BCUT2D eigenvalue weighted by molar-refractivity contribution is 5.80. The molecule has 0 bridgehead atoms. The van der Waals surface area contributed by atoms with Crippen LogP contribution in [0, 0.1) is 5.92 Å². The highest BCUT2D eigenvalue weighted by Crippen LogP contribution is 2.17. The minimum atomic E-state index is 0.688. The smallest absolute Gasteiger partial charge is 0.139 e. The summed E-state index contributed by atoms with van der Waals surface area (Å²) in [6, 6.07) is 4.13. The second-order valence-corrected chi connectivity index (χ2v) is 4.66. The van der Waals surface area contributed by atoms with E-state index in [1.807, 2.05) is 19.3 Å². The van der Waals surface area contributed by atoms with E-state index in [1.54, 1.807) is 0 Å². The minimum Gasteiger partial charge on any atom is -0.335 e. The number of aromatic nitrogens is 2. The molecule has 0 aliphatic carbocycles. The minimum absolute atomic E-state index is 0.688. The van der Waals surface area contributed by atoms with Gasteiger partial charge in [0, 0.05) is 31.4 Å². The van der Waals surface area contributed by atoms with E-state index < -0.39 is 0 Å². The summed E-state index contributed by atoms with van der Waals surface area (Å²) < 4.78 is 2.09. The van der Waals surface area contributed by atoms with Crippen molar-refractivity contribution in [3.63, 3.8) is 0 Å². The number of rotatable bonds is 4. The Bertz CT molecular complexity index is 471. The fraction of sp³-hybridized carbons (Fsp3) is 0.462. The molecule has 0 aromatic carbocycles. The van der Waals surface area contributed by atoms with Gasteiger partial charge in [-0.2, -0.15) is 0 Å². The maximum Gasteiger partial charge on any atom is 0.139 e. The van der Waals surface area contributed by atoms with Gasteiger partial charge in [0.25, 0.3) is 0 Å². The third-order valence-electron chi connectivity index (χ3n) is 2.68. The van der Waals surface area contributed by atoms with E-state index in [9.17, 15) is 0 Å². The molecule has 0 unspecified atom stereocenters. The number of hydrogen-bond donors (Lipinski definition) is 1. The molecule has 2 aromatic rings. The number of nitrogens with zero attached hydrogens (tertiary/aromatic N) is 2. The molecule has 0 saturated heterocycles. The van der Waals surface area contributed by atoms with Crippen molar-refractivity contribution in [2.45, 2.75) is 20.4 Å². The SMILES string of the molecule is CC(C)CNCc1cn(C)c2ncccc12. The topological polar surface area (TPSA) is 29.9 Å². The van der Waals surface area contributed by atoms with E-state index in [4.69, 9.17) is 0 Å². The van der Waals surface area contributed by atoms with Crippen LogP contribution in [-0.4, -0.2) is 16.1 Å². The number of pyridine rings is 1. The molecule has 2 aromatic heterocycles. The van der Waals surface area contributed by atoms with Gasteiger partial charge in [-0.05, 0) is 30.2 Å². The summed E-state index contributed by atoms with van der Waals surface area (Å²) in [5, 5.41) is 4.72. The van der Waals surface area contributed by atoms with Crippen LogP contribution in [-0.2, 0) is 13.6 Å². The van der Waals surface area contributed by atoms with E-state index in [2.05, 4.69) is 41.0 Å². The third kappa shape index (κ3) is 2.25. The molecule has 0 saturated carbocycles. The van der Waals surface area contributed by atoms with Crippen LogP contribution >= 0.6 is 0 Å². The maximum atomic E-state index is 4.38. The molecule has 0 radical (unpaired) electrons. The van der Waals surface area contributed by atoms with Gasteiger partial charge in [-0.15, -0.1) is 0 Å². The van der Waals surface area contributed by atoms with Crippen molar-refractivity contribution in [3.05, 3.63) is 30.1 Å². The van der Waals surface area contributed by atoms with E-state index in [0.29, 0.717) is 5.92 Å². The number of nitrogens with one attached hydrogen (secondary N) is 1. The largest absolute Gasteiger partial charge is 0.335 e. The Morgan fingerprint density at radius 1 is 1.44 bits per heavy atom. The molecule has 0 spiro atoms. The van der Waals surface area contributed by atoms with E-state index in [1.165, 1.54) is 10.9 Å². The molecule has 1 N–H and O–H groups in total. The van der Waals surface area contributed by atoms with Crippen molar-refractivity contribution < 1.29 is 0 Å². The number of hydrogen-bond acceptors (Lipinski definition) is 2. The van der Waals surface area contributed by atoms with Crippen LogP contribution in [0.2, 0.25) is 0 Å². The molecular formula is C13H19N3. The van der Waals surface area contributed by atoms with Crippen LogP contribution < -0.4 is 5.32 Å². The monoisotopic (exact) mass is 217 g/mol. The van der Waals surface area contributed by atoms with Gasteiger partial charge < -0.3 is 9.88 Å². The van der Waals surface area contributed by atoms with Crippen molar-refractivity contribution in [3.8, 4) is 0 Å². The zero-order valence-electron chi connectivity index (χ0n) is 10.2. The number of fused-ring (bicyclic) bond motifs is 1. The molecule has 0 aliphatic rings. The van der Waals surface area contributed by atoms with Crippen molar-refractivity contribution in [1.82, 2.24) is 14.9 Å². The highest BCUT2D eigenvalue weighted by atomic mass is 15.0. The summed E-state index contributed by atoms with van der Waals surface area (Å²) in [6.07, 6.45) is 4.00. The second kappa shape index (κ2) is 4.66. The molecule has 16 heavy (non-hydrogen) atoms. The number of aryl methyl sites for hydroxylation is 1. The summed E-state index contributed by atoms with van der Waals surface area (Å²) >= 11 is 0. The van der Waals surface area contributed by atoms with Crippen LogP contribution in [0.4, 0.5) is 0 Å². The lowest BCUT2D eigenvalue weighted by molar-refractivity contribution is 0.553. The van der Waals surface area contributed by atoms with Gasteiger partial charge in [0.2, 0.25) is 0 Å². The molecule has 0 aliphatic heterocycles. The first-order chi connectivity index (χ1) is 7.68. The van der Waals surface area contributed by atoms with Gasteiger partial charge in [0.05, 0.1) is 0 Å². The second-order valence-electron chi connectivity index (χ2n) is 4.66. The van der Waals surface area contributed by atoms with E-state index >= 15 is 0 Å². The van der Waals surface area contributed by atoms with Gasteiger partial charge in [0.1, 0.15) is 5.65 Å². The Morgan fingerprint density at radius 3 is 3.00 bits per heavy atom. The third-order valence-corrected chi connectivity index (χ3v) is 2.68. The average Bonchev–Trinajstić information content (AvgIpc) is 2.57. The Balaban J connectivity index is 2.18. The van der Waals surface area contributed by atoms with Gasteiger partial charge in [0.15, 0.2) is 0 Å². The molecule has 0 amide bonds. The summed E-state index contributed by atoms with van der Waals surface area (Å²) in [7, 11) is 2.04. The molecule has 2 rings (SSSR count). The van der Waals surface area contributed by atoms with Crippen molar-refractivity contribution in [2.24, 2.45) is 13.0 Å². The predicted octanol–water partition coefficient (Wildman–Crippen LogP) is 2.32. The fourth-order valence-electron chi connectivity index (χ4n) is 1.93. The average molecular weight is 217 g/mol. The van der Waals surface area contributed by atoms with Gasteiger partial charge in [-0.3, -0.25) is 0 Å². The Hall–Kier alpha value is -1.35. The van der Waals surface area contributed by atoms with Gasteiger partial charge >= 0.3 is 0 Å². The van der Waals surface area contributed by atoms with Crippen molar-refractivity contribution in [2.75, 3.05) is 6.54 Å². The van der Waals surface area contributed by atoms with Crippen LogP contribution in [0.1, 0.15) is 19.4 Å². The first-order valence-corrected chi connectivity index (χ1v) is 5.78. The maximum absolute atomic E-state index is 4.38. The van der Waals surface area contributed by atoms with Crippen LogP contribution in [0.15, 0.2) is 24.5 Å². The summed E-state index contributed by atoms with van der Waals surface area (Å²) in [4.78, 5) is 4.38. The standard InChI is InChI=1S/C13H19N3/c1-10(2)7-14-8-11-9-16(3)13-12(11)5-4-6-15-13/h4-6,9-10,14H,7-8H2,1-3H3. The summed E-state index contributed by atoms with van der Waals surface area (Å²) in [5.74, 6) is 0.688. The summed E-state index contributed by atoms with van der Waals surface area (Å²) in [5.41, 5.74) is 2.38. The predicted molar refractivity (Wildman–Crippen MR) is 67.3 cm³/mol. The van der Waals surface area contributed by atoms with Crippen LogP contribution in [0.5, 0.6) is 0 Å². The molecular weight excluding hydrogens is 198 g/mol. The van der Waals surface area contributed by atoms with Crippen molar-refractivity contribution in [1.29, 1.82) is 0 Å². The lowest BCUT2D eigenvalue weighted by Crippen LogP contribution is -2.18. The summed E-state index contributed by atoms with van der Waals surface area (Å²) in [6.45, 7) is 6.41. The van der Waals surface area contributed by atoms with Gasteiger partial charge in [-0.1, -0.05) is 13.8 Å². The molecule has 2 heterocycles. The van der Waals surface area contributed by atoms with Gasteiger partial charge in [-0.25, -0.2) is 4.98 Å². The highest BCUT2D eigenvalue weighted by Gasteiger charge is 2.06. The Labute approximate surface area is 96.5 Å². The first-order valence-electron chi connectivity index (χ1n) is 5.78. The fourth-order valence-corrected chi connectivity index (χ4v) is 1.93. The first kappa shape index (κ1) is 11.1. The molecule has 0 fully saturated rings. The normalized spacial score (nSPS) is 11.5. The zero-order chi connectivity index (χ0) is 11.5. The zero-order valence-corrected chi connectivity index (χ0v) is 10.2. The lowest BCUT2D eigenvalue weighted by Gasteiger charge is -2.06. The molecule has 3 nitrogen and oxygen atoms in total. The quantitative estimate of drug-likeness (QED) is 0.851.